The van der Waals surface area contributed by atoms with Crippen LogP contribution in [0.4, 0.5) is 0 Å². The van der Waals surface area contributed by atoms with Gasteiger partial charge in [-0.05, 0) is 25.8 Å². The molecule has 0 aliphatic heterocycles. The molecule has 1 aromatic carbocycles. The summed E-state index contributed by atoms with van der Waals surface area (Å²) in [6.07, 6.45) is 0.519. The van der Waals surface area contributed by atoms with Crippen LogP contribution in [0.1, 0.15) is 19.4 Å². The quantitative estimate of drug-likeness (QED) is 0.593. The Morgan fingerprint density at radius 2 is 1.57 bits per heavy atom. The highest BCUT2D eigenvalue weighted by atomic mass is 31.2. The number of benzene rings is 1. The molecule has 120 valence electrons. The summed E-state index contributed by atoms with van der Waals surface area (Å²) in [5.74, 6) is 0. The molecule has 0 heterocycles. The van der Waals surface area contributed by atoms with Gasteiger partial charge in [0.1, 0.15) is 5.40 Å². The van der Waals surface area contributed by atoms with E-state index in [1.807, 2.05) is 44.2 Å². The molecule has 21 heavy (non-hydrogen) atoms. The molecule has 0 amide bonds. The zero-order valence-corrected chi connectivity index (χ0v) is 14.8. The molecule has 0 aliphatic carbocycles. The first-order valence-corrected chi connectivity index (χ1v) is 9.77. The summed E-state index contributed by atoms with van der Waals surface area (Å²) in [4.78, 5) is 0. The van der Waals surface area contributed by atoms with Gasteiger partial charge in [0.15, 0.2) is 8.38 Å². The van der Waals surface area contributed by atoms with Gasteiger partial charge in [-0.2, -0.15) is 0 Å². The van der Waals surface area contributed by atoms with E-state index >= 15 is 0 Å². The third kappa shape index (κ3) is 5.45. The fourth-order valence-corrected chi connectivity index (χ4v) is 6.16. The minimum absolute atomic E-state index is 0.454. The second-order valence-electron chi connectivity index (χ2n) is 4.20. The first kappa shape index (κ1) is 18.8. The maximum absolute atomic E-state index is 12.9. The lowest BCUT2D eigenvalue weighted by molar-refractivity contribution is 0.247. The maximum Gasteiger partial charge on any atom is 0.342 e. The number of hydrogen-bond donors (Lipinski definition) is 0. The molecule has 1 aromatic rings. The van der Waals surface area contributed by atoms with Gasteiger partial charge in [0.2, 0.25) is 0 Å². The molecule has 0 spiro atoms. The average Bonchev–Trinajstić information content (AvgIpc) is 2.53. The van der Waals surface area contributed by atoms with Gasteiger partial charge in [0.25, 0.3) is 0 Å². The van der Waals surface area contributed by atoms with E-state index < -0.39 is 21.4 Å². The third-order valence-electron chi connectivity index (χ3n) is 2.89. The molecule has 0 saturated heterocycles. The van der Waals surface area contributed by atoms with Gasteiger partial charge in [0, 0.05) is 14.2 Å². The third-order valence-corrected chi connectivity index (χ3v) is 7.93. The highest BCUT2D eigenvalue weighted by molar-refractivity contribution is 7.69. The van der Waals surface area contributed by atoms with Crippen molar-refractivity contribution < 1.29 is 22.7 Å². The SMILES string of the molecule is CCOP(OCC)C(Cc1ccccc1)P(=O)(OC)OC. The smallest absolute Gasteiger partial charge is 0.334 e. The molecule has 0 saturated carbocycles. The predicted molar refractivity (Wildman–Crippen MR) is 85.7 cm³/mol. The Hall–Kier alpha value is -0.280. The molecule has 1 rings (SSSR count). The van der Waals surface area contributed by atoms with Gasteiger partial charge >= 0.3 is 7.60 Å². The van der Waals surface area contributed by atoms with E-state index in [2.05, 4.69) is 0 Å². The molecule has 1 unspecified atom stereocenters. The van der Waals surface area contributed by atoms with E-state index in [1.165, 1.54) is 14.2 Å². The number of rotatable bonds is 10. The Labute approximate surface area is 128 Å². The van der Waals surface area contributed by atoms with Crippen LogP contribution in [-0.2, 0) is 29.1 Å². The molecular weight excluding hydrogens is 310 g/mol. The Kier molecular flexibility index (Phi) is 8.65. The van der Waals surface area contributed by atoms with Crippen molar-refractivity contribution in [2.24, 2.45) is 0 Å². The molecule has 5 nitrogen and oxygen atoms in total. The molecule has 7 heteroatoms. The van der Waals surface area contributed by atoms with E-state index in [9.17, 15) is 4.57 Å². The first-order valence-electron chi connectivity index (χ1n) is 6.91. The topological polar surface area (TPSA) is 54.0 Å². The van der Waals surface area contributed by atoms with Crippen LogP contribution < -0.4 is 0 Å². The van der Waals surface area contributed by atoms with Crippen LogP contribution >= 0.6 is 16.0 Å². The largest absolute Gasteiger partial charge is 0.342 e. The molecule has 0 aromatic heterocycles. The van der Waals surface area contributed by atoms with Gasteiger partial charge in [-0.1, -0.05) is 30.3 Å². The zero-order chi connectivity index (χ0) is 15.7. The van der Waals surface area contributed by atoms with Gasteiger partial charge in [0.05, 0.1) is 13.2 Å². The van der Waals surface area contributed by atoms with Crippen LogP contribution in [0.25, 0.3) is 0 Å². The van der Waals surface area contributed by atoms with Crippen molar-refractivity contribution >= 4 is 16.0 Å². The van der Waals surface area contributed by atoms with Gasteiger partial charge in [-0.3, -0.25) is 4.57 Å². The Bertz CT molecular complexity index is 426. The lowest BCUT2D eigenvalue weighted by Crippen LogP contribution is -2.16. The van der Waals surface area contributed by atoms with Crippen LogP contribution in [0, 0.1) is 0 Å². The molecule has 0 aliphatic rings. The van der Waals surface area contributed by atoms with Gasteiger partial charge in [-0.25, -0.2) is 0 Å². The van der Waals surface area contributed by atoms with Crippen LogP contribution in [0.5, 0.6) is 0 Å². The normalized spacial score (nSPS) is 13.6. The predicted octanol–water partition coefficient (Wildman–Crippen LogP) is 4.43. The lowest BCUT2D eigenvalue weighted by Gasteiger charge is -2.29. The van der Waals surface area contributed by atoms with Crippen LogP contribution in [-0.4, -0.2) is 32.8 Å². The minimum Gasteiger partial charge on any atom is -0.334 e. The van der Waals surface area contributed by atoms with E-state index in [0.717, 1.165) is 5.56 Å². The molecule has 1 atom stereocenters. The second kappa shape index (κ2) is 9.68. The summed E-state index contributed by atoms with van der Waals surface area (Å²) in [5, 5.41) is -0.454. The first-order chi connectivity index (χ1) is 10.1. The maximum atomic E-state index is 12.9. The zero-order valence-electron chi connectivity index (χ0n) is 13.0. The van der Waals surface area contributed by atoms with Crippen molar-refractivity contribution in [1.29, 1.82) is 0 Å². The Morgan fingerprint density at radius 3 is 2.00 bits per heavy atom. The summed E-state index contributed by atoms with van der Waals surface area (Å²) >= 11 is 0. The highest BCUT2D eigenvalue weighted by Crippen LogP contribution is 2.66. The number of hydrogen-bond acceptors (Lipinski definition) is 5. The van der Waals surface area contributed by atoms with E-state index in [-0.39, 0.29) is 0 Å². The Balaban J connectivity index is 3.05. The summed E-state index contributed by atoms with van der Waals surface area (Å²) < 4.78 is 34.6. The summed E-state index contributed by atoms with van der Waals surface area (Å²) in [6, 6.07) is 9.79. The van der Waals surface area contributed by atoms with Crippen molar-refractivity contribution in [3.05, 3.63) is 35.9 Å². The van der Waals surface area contributed by atoms with Crippen LogP contribution in [0.3, 0.4) is 0 Å². The summed E-state index contributed by atoms with van der Waals surface area (Å²) in [6.45, 7) is 4.76. The van der Waals surface area contributed by atoms with Crippen LogP contribution in [0.2, 0.25) is 0 Å². The van der Waals surface area contributed by atoms with Crippen molar-refractivity contribution in [3.63, 3.8) is 0 Å². The molecule has 0 radical (unpaired) electrons. The fraction of sp³-hybridized carbons (Fsp3) is 0.571. The monoisotopic (exact) mass is 334 g/mol. The molecule has 0 fully saturated rings. The fourth-order valence-electron chi connectivity index (χ4n) is 1.91. The summed E-state index contributed by atoms with van der Waals surface area (Å²) in [5.41, 5.74) is 1.05. The van der Waals surface area contributed by atoms with Crippen LogP contribution in [0.15, 0.2) is 30.3 Å². The standard InChI is InChI=1S/C14H24O5P2/c1-5-18-20(19-6-2)14(21(15,16-3)17-4)12-13-10-8-7-9-11-13/h7-11,14H,5-6,12H2,1-4H3. The lowest BCUT2D eigenvalue weighted by atomic mass is 10.2. The van der Waals surface area contributed by atoms with Gasteiger partial charge in [-0.15, -0.1) is 0 Å². The Morgan fingerprint density at radius 1 is 1.05 bits per heavy atom. The highest BCUT2D eigenvalue weighted by Gasteiger charge is 2.42. The molecule has 0 N–H and O–H groups in total. The van der Waals surface area contributed by atoms with E-state index in [1.54, 1.807) is 0 Å². The van der Waals surface area contributed by atoms with Crippen molar-refractivity contribution in [2.75, 3.05) is 27.4 Å². The van der Waals surface area contributed by atoms with Crippen molar-refractivity contribution in [2.45, 2.75) is 25.7 Å². The molecule has 0 bridgehead atoms. The van der Waals surface area contributed by atoms with Crippen molar-refractivity contribution in [1.82, 2.24) is 0 Å². The minimum atomic E-state index is -3.29. The average molecular weight is 334 g/mol. The van der Waals surface area contributed by atoms with Crippen molar-refractivity contribution in [3.8, 4) is 0 Å². The van der Waals surface area contributed by atoms with E-state index in [4.69, 9.17) is 18.1 Å². The molecular formula is C14H24O5P2. The van der Waals surface area contributed by atoms with E-state index in [0.29, 0.717) is 19.6 Å². The summed E-state index contributed by atoms with van der Waals surface area (Å²) in [7, 11) is -1.86. The van der Waals surface area contributed by atoms with Gasteiger partial charge < -0.3 is 18.1 Å². The second-order valence-corrected chi connectivity index (χ2v) is 8.75.